The fraction of sp³-hybridized carbons (Fsp3) is 0.312. The number of hydrogen-bond donors (Lipinski definition) is 2. The summed E-state index contributed by atoms with van der Waals surface area (Å²) in [6.45, 7) is 3.58. The summed E-state index contributed by atoms with van der Waals surface area (Å²) in [6.07, 6.45) is 3.47. The molecule has 0 saturated carbocycles. The van der Waals surface area contributed by atoms with Crippen LogP contribution in [0.2, 0.25) is 0 Å². The summed E-state index contributed by atoms with van der Waals surface area (Å²) in [4.78, 5) is 13.0. The SMILES string of the molecule is CCOC(=O)C(/C(N)=N/N=Cc1ccc(SC)cc1)=C(/O)OCC. The van der Waals surface area contributed by atoms with Gasteiger partial charge in [0.2, 0.25) is 0 Å². The van der Waals surface area contributed by atoms with E-state index in [1.165, 1.54) is 6.21 Å². The Morgan fingerprint density at radius 3 is 2.42 bits per heavy atom. The van der Waals surface area contributed by atoms with Crippen LogP contribution in [0.1, 0.15) is 19.4 Å². The maximum absolute atomic E-state index is 11.9. The van der Waals surface area contributed by atoms with Crippen molar-refractivity contribution in [1.82, 2.24) is 0 Å². The van der Waals surface area contributed by atoms with Crippen molar-refractivity contribution in [2.24, 2.45) is 15.9 Å². The lowest BCUT2D eigenvalue weighted by Crippen LogP contribution is -2.25. The molecule has 7 nitrogen and oxygen atoms in total. The number of aliphatic hydroxyl groups excluding tert-OH is 1. The number of thioether (sulfide) groups is 1. The van der Waals surface area contributed by atoms with E-state index in [0.717, 1.165) is 10.5 Å². The van der Waals surface area contributed by atoms with Gasteiger partial charge < -0.3 is 20.3 Å². The topological polar surface area (TPSA) is 107 Å². The highest BCUT2D eigenvalue weighted by atomic mass is 32.2. The molecule has 3 N–H and O–H groups in total. The molecule has 0 unspecified atom stereocenters. The van der Waals surface area contributed by atoms with E-state index in [2.05, 4.69) is 10.2 Å². The summed E-state index contributed by atoms with van der Waals surface area (Å²) in [5.74, 6) is -1.77. The number of aliphatic hydroxyl groups is 1. The van der Waals surface area contributed by atoms with Gasteiger partial charge in [-0.1, -0.05) is 12.1 Å². The first-order valence-corrected chi connectivity index (χ1v) is 8.50. The van der Waals surface area contributed by atoms with Crippen LogP contribution >= 0.6 is 11.8 Å². The van der Waals surface area contributed by atoms with E-state index in [-0.39, 0.29) is 24.6 Å². The van der Waals surface area contributed by atoms with Gasteiger partial charge in [0.25, 0.3) is 5.95 Å². The second-order valence-corrected chi connectivity index (χ2v) is 5.22. The summed E-state index contributed by atoms with van der Waals surface area (Å²) in [6, 6.07) is 7.65. The molecule has 8 heteroatoms. The Balaban J connectivity index is 2.97. The highest BCUT2D eigenvalue weighted by Crippen LogP contribution is 2.14. The first-order chi connectivity index (χ1) is 11.5. The van der Waals surface area contributed by atoms with E-state index in [1.807, 2.05) is 30.5 Å². The number of amidine groups is 1. The zero-order valence-corrected chi connectivity index (χ0v) is 14.7. The van der Waals surface area contributed by atoms with E-state index in [9.17, 15) is 9.90 Å². The number of carbonyl (C=O) groups excluding carboxylic acids is 1. The van der Waals surface area contributed by atoms with Crippen molar-refractivity contribution in [3.8, 4) is 0 Å². The van der Waals surface area contributed by atoms with Crippen molar-refractivity contribution < 1.29 is 19.4 Å². The van der Waals surface area contributed by atoms with Crippen LogP contribution in [0.4, 0.5) is 0 Å². The van der Waals surface area contributed by atoms with E-state index < -0.39 is 11.9 Å². The van der Waals surface area contributed by atoms with Gasteiger partial charge in [-0.15, -0.1) is 16.9 Å². The fourth-order valence-electron chi connectivity index (χ4n) is 1.61. The van der Waals surface area contributed by atoms with Crippen molar-refractivity contribution in [1.29, 1.82) is 0 Å². The van der Waals surface area contributed by atoms with Gasteiger partial charge in [0.1, 0.15) is 0 Å². The molecule has 0 heterocycles. The Labute approximate surface area is 145 Å². The highest BCUT2D eigenvalue weighted by Gasteiger charge is 2.22. The number of carbonyl (C=O) groups is 1. The first-order valence-electron chi connectivity index (χ1n) is 7.27. The Morgan fingerprint density at radius 1 is 1.25 bits per heavy atom. The lowest BCUT2D eigenvalue weighted by Gasteiger charge is -2.08. The number of rotatable bonds is 8. The molecular formula is C16H21N3O4S. The third-order valence-electron chi connectivity index (χ3n) is 2.72. The van der Waals surface area contributed by atoms with Crippen molar-refractivity contribution in [2.45, 2.75) is 18.7 Å². The largest absolute Gasteiger partial charge is 0.480 e. The van der Waals surface area contributed by atoms with Crippen LogP contribution < -0.4 is 5.73 Å². The van der Waals surface area contributed by atoms with Gasteiger partial charge in [0.05, 0.1) is 19.4 Å². The summed E-state index contributed by atoms with van der Waals surface area (Å²) < 4.78 is 9.73. The summed E-state index contributed by atoms with van der Waals surface area (Å²) in [7, 11) is 0. The molecule has 0 aliphatic heterocycles. The summed E-state index contributed by atoms with van der Waals surface area (Å²) in [5, 5.41) is 17.3. The predicted molar refractivity (Wildman–Crippen MR) is 95.4 cm³/mol. The Bertz CT molecular complexity index is 639. The molecule has 1 rings (SSSR count). The molecule has 0 spiro atoms. The molecule has 0 aromatic heterocycles. The Hall–Kier alpha value is -2.48. The van der Waals surface area contributed by atoms with E-state index >= 15 is 0 Å². The minimum Gasteiger partial charge on any atom is -0.480 e. The second kappa shape index (κ2) is 10.3. The molecule has 0 bridgehead atoms. The lowest BCUT2D eigenvalue weighted by atomic mass is 10.2. The van der Waals surface area contributed by atoms with Crippen LogP contribution in [-0.4, -0.2) is 42.6 Å². The molecule has 1 aromatic carbocycles. The fourth-order valence-corrected chi connectivity index (χ4v) is 2.02. The molecule has 0 atom stereocenters. The average Bonchev–Trinajstić information content (AvgIpc) is 2.56. The highest BCUT2D eigenvalue weighted by molar-refractivity contribution is 7.98. The third kappa shape index (κ3) is 5.96. The van der Waals surface area contributed by atoms with Gasteiger partial charge in [-0.05, 0) is 37.8 Å². The van der Waals surface area contributed by atoms with Crippen LogP contribution in [0, 0.1) is 0 Å². The van der Waals surface area contributed by atoms with E-state index in [0.29, 0.717) is 0 Å². The van der Waals surface area contributed by atoms with Crippen molar-refractivity contribution >= 4 is 29.8 Å². The van der Waals surface area contributed by atoms with Crippen LogP contribution in [0.5, 0.6) is 0 Å². The molecule has 0 amide bonds. The summed E-state index contributed by atoms with van der Waals surface area (Å²) >= 11 is 1.63. The van der Waals surface area contributed by atoms with E-state index in [4.69, 9.17) is 15.2 Å². The number of nitrogens with two attached hydrogens (primary N) is 1. The van der Waals surface area contributed by atoms with Crippen LogP contribution in [0.15, 0.2) is 50.9 Å². The Kier molecular flexibility index (Phi) is 8.42. The third-order valence-corrected chi connectivity index (χ3v) is 3.46. The van der Waals surface area contributed by atoms with Gasteiger partial charge >= 0.3 is 5.97 Å². The number of esters is 1. The molecule has 1 aromatic rings. The average molecular weight is 351 g/mol. The van der Waals surface area contributed by atoms with Gasteiger partial charge in [-0.25, -0.2) is 4.79 Å². The van der Waals surface area contributed by atoms with Crippen molar-refractivity contribution in [3.63, 3.8) is 0 Å². The van der Waals surface area contributed by atoms with Crippen LogP contribution in [0.25, 0.3) is 0 Å². The summed E-state index contributed by atoms with van der Waals surface area (Å²) in [5.41, 5.74) is 6.19. The molecule has 0 aliphatic carbocycles. The molecule has 0 radical (unpaired) electrons. The minimum atomic E-state index is -0.829. The van der Waals surface area contributed by atoms with Gasteiger partial charge in [-0.3, -0.25) is 0 Å². The molecule has 0 saturated heterocycles. The predicted octanol–water partition coefficient (Wildman–Crippen LogP) is 2.47. The van der Waals surface area contributed by atoms with Gasteiger partial charge in [0.15, 0.2) is 11.4 Å². The normalized spacial score (nSPS) is 12.9. The number of hydrogen-bond acceptors (Lipinski definition) is 7. The molecule has 24 heavy (non-hydrogen) atoms. The maximum atomic E-state index is 11.9. The standard InChI is InChI=1S/C16H21N3O4S/c1-4-22-15(20)13(16(21)23-5-2)14(17)19-18-10-11-6-8-12(24-3)9-7-11/h6-10,20H,4-5H2,1-3H3,(H2,17,19)/b15-13-,18-10?. The smallest absolute Gasteiger partial charge is 0.349 e. The Morgan fingerprint density at radius 2 is 1.88 bits per heavy atom. The monoisotopic (exact) mass is 351 g/mol. The maximum Gasteiger partial charge on any atom is 0.349 e. The number of benzene rings is 1. The molecule has 0 aliphatic rings. The minimum absolute atomic E-state index is 0.125. The lowest BCUT2D eigenvalue weighted by molar-refractivity contribution is -0.138. The van der Waals surface area contributed by atoms with Crippen LogP contribution in [-0.2, 0) is 14.3 Å². The zero-order chi connectivity index (χ0) is 17.9. The zero-order valence-electron chi connectivity index (χ0n) is 13.9. The number of nitrogens with zero attached hydrogens (tertiary/aromatic N) is 2. The molecule has 130 valence electrons. The molecular weight excluding hydrogens is 330 g/mol. The van der Waals surface area contributed by atoms with Crippen molar-refractivity contribution in [3.05, 3.63) is 41.3 Å². The first kappa shape index (κ1) is 19.6. The van der Waals surface area contributed by atoms with Gasteiger partial charge in [0, 0.05) is 4.90 Å². The van der Waals surface area contributed by atoms with E-state index in [1.54, 1.807) is 25.6 Å². The second-order valence-electron chi connectivity index (χ2n) is 4.34. The number of ether oxygens (including phenoxy) is 2. The van der Waals surface area contributed by atoms with Crippen LogP contribution in [0.3, 0.4) is 0 Å². The van der Waals surface area contributed by atoms with Gasteiger partial charge in [-0.2, -0.15) is 5.10 Å². The quantitative estimate of drug-likeness (QED) is 0.142. The van der Waals surface area contributed by atoms with Crippen molar-refractivity contribution in [2.75, 3.05) is 19.5 Å². The molecule has 0 fully saturated rings.